The van der Waals surface area contributed by atoms with Gasteiger partial charge in [0, 0.05) is 31.1 Å². The molecule has 0 bridgehead atoms. The molecule has 1 aromatic carbocycles. The van der Waals surface area contributed by atoms with Gasteiger partial charge in [0.1, 0.15) is 11.9 Å². The summed E-state index contributed by atoms with van der Waals surface area (Å²) in [6.45, 7) is 8.43. The highest BCUT2D eigenvalue weighted by Gasteiger charge is 2.36. The van der Waals surface area contributed by atoms with Crippen molar-refractivity contribution in [1.82, 2.24) is 19.7 Å². The second-order valence-electron chi connectivity index (χ2n) is 8.24. The Bertz CT molecular complexity index is 1160. The first-order chi connectivity index (χ1) is 15.0. The number of aryl methyl sites for hydroxylation is 1. The minimum atomic E-state index is -3.46. The summed E-state index contributed by atoms with van der Waals surface area (Å²) in [5.41, 5.74) is 1.50. The van der Waals surface area contributed by atoms with Crippen LogP contribution in [0.25, 0.3) is 16.6 Å². The van der Waals surface area contributed by atoms with Gasteiger partial charge in [-0.2, -0.15) is 13.9 Å². The molecule has 2 aromatic heterocycles. The third kappa shape index (κ3) is 4.98. The minimum absolute atomic E-state index is 0.0787. The molecule has 3 aromatic rings. The number of aromatic nitrogens is 3. The number of alkyl halides is 2. The molecule has 0 aliphatic carbocycles. The van der Waals surface area contributed by atoms with Gasteiger partial charge in [-0.3, -0.25) is 9.59 Å². The molecule has 0 aliphatic rings. The normalized spacial score (nSPS) is 13.9. The van der Waals surface area contributed by atoms with E-state index in [0.29, 0.717) is 19.2 Å². The van der Waals surface area contributed by atoms with Gasteiger partial charge in [0.05, 0.1) is 23.4 Å². The maximum atomic E-state index is 13.3. The number of hydrogen-bond donors (Lipinski definition) is 1. The SMILES string of the molecule is CCn1cc(-n2ncc3cc(O[C@H](C)[C@@H](NC(=O)C(C)(F)F)C(C)C)ccc32)ccc1=O. The van der Waals surface area contributed by atoms with Gasteiger partial charge in [-0.05, 0) is 44.0 Å². The van der Waals surface area contributed by atoms with Crippen LogP contribution in [0.2, 0.25) is 0 Å². The Morgan fingerprint density at radius 1 is 1.22 bits per heavy atom. The first kappa shape index (κ1) is 23.4. The fourth-order valence-corrected chi connectivity index (χ4v) is 3.57. The second kappa shape index (κ2) is 9.10. The van der Waals surface area contributed by atoms with E-state index in [9.17, 15) is 18.4 Å². The minimum Gasteiger partial charge on any atom is -0.489 e. The van der Waals surface area contributed by atoms with E-state index in [4.69, 9.17) is 4.74 Å². The lowest BCUT2D eigenvalue weighted by Crippen LogP contribution is -2.52. The highest BCUT2D eigenvalue weighted by Crippen LogP contribution is 2.25. The standard InChI is InChI=1S/C23H28F2N4O3/c1-6-28-13-17(7-10-20(28)30)29-19-9-8-18(11-16(19)12-26-29)32-15(4)21(14(2)3)27-22(31)23(5,24)25/h7-15,21H,6H2,1-5H3,(H,27,31)/t15-,21+/m1/s1. The van der Waals surface area contributed by atoms with Crippen molar-refractivity contribution in [2.75, 3.05) is 0 Å². The molecule has 2 heterocycles. The van der Waals surface area contributed by atoms with Gasteiger partial charge >= 0.3 is 5.92 Å². The van der Waals surface area contributed by atoms with Gasteiger partial charge in [0.2, 0.25) is 0 Å². The smallest absolute Gasteiger partial charge is 0.321 e. The molecule has 2 atom stereocenters. The molecule has 0 aliphatic heterocycles. The van der Waals surface area contributed by atoms with Crippen LogP contribution in [0.15, 0.2) is 47.5 Å². The second-order valence-corrected chi connectivity index (χ2v) is 8.24. The number of carbonyl (C=O) groups is 1. The van der Waals surface area contributed by atoms with Gasteiger partial charge < -0.3 is 14.6 Å². The predicted octanol–water partition coefficient (Wildman–Crippen LogP) is 3.77. The van der Waals surface area contributed by atoms with E-state index in [1.165, 1.54) is 6.07 Å². The number of halogens is 2. The van der Waals surface area contributed by atoms with Crippen LogP contribution in [0, 0.1) is 5.92 Å². The number of pyridine rings is 1. The number of nitrogens with zero attached hydrogens (tertiary/aromatic N) is 3. The number of rotatable bonds is 8. The third-order valence-electron chi connectivity index (χ3n) is 5.33. The monoisotopic (exact) mass is 446 g/mol. The lowest BCUT2D eigenvalue weighted by Gasteiger charge is -2.30. The summed E-state index contributed by atoms with van der Waals surface area (Å²) in [6.07, 6.45) is 2.90. The maximum Gasteiger partial charge on any atom is 0.321 e. The van der Waals surface area contributed by atoms with E-state index in [-0.39, 0.29) is 11.5 Å². The van der Waals surface area contributed by atoms with Crippen LogP contribution in [-0.2, 0) is 11.3 Å². The van der Waals surface area contributed by atoms with Gasteiger partial charge in [0.15, 0.2) is 0 Å². The van der Waals surface area contributed by atoms with Gasteiger partial charge in [-0.15, -0.1) is 0 Å². The summed E-state index contributed by atoms with van der Waals surface area (Å²) >= 11 is 0. The van der Waals surface area contributed by atoms with Crippen LogP contribution >= 0.6 is 0 Å². The van der Waals surface area contributed by atoms with Crippen molar-refractivity contribution in [1.29, 1.82) is 0 Å². The molecule has 0 saturated carbocycles. The molecule has 1 N–H and O–H groups in total. The van der Waals surface area contributed by atoms with E-state index in [2.05, 4.69) is 10.4 Å². The average Bonchev–Trinajstić information content (AvgIpc) is 3.14. The van der Waals surface area contributed by atoms with E-state index in [1.54, 1.807) is 46.8 Å². The van der Waals surface area contributed by atoms with Crippen molar-refractivity contribution in [3.63, 3.8) is 0 Å². The molecule has 3 rings (SSSR count). The third-order valence-corrected chi connectivity index (χ3v) is 5.33. The van der Waals surface area contributed by atoms with Crippen molar-refractivity contribution >= 4 is 16.8 Å². The van der Waals surface area contributed by atoms with Crippen LogP contribution in [0.5, 0.6) is 5.75 Å². The highest BCUT2D eigenvalue weighted by atomic mass is 19.3. The lowest BCUT2D eigenvalue weighted by molar-refractivity contribution is -0.144. The quantitative estimate of drug-likeness (QED) is 0.571. The summed E-state index contributed by atoms with van der Waals surface area (Å²) < 4.78 is 36.0. The first-order valence-corrected chi connectivity index (χ1v) is 10.6. The summed E-state index contributed by atoms with van der Waals surface area (Å²) in [7, 11) is 0. The van der Waals surface area contributed by atoms with Crippen LogP contribution in [0.1, 0.15) is 34.6 Å². The molecule has 1 amide bonds. The van der Waals surface area contributed by atoms with Crippen molar-refractivity contribution in [3.05, 3.63) is 53.1 Å². The van der Waals surface area contributed by atoms with Gasteiger partial charge in [-0.25, -0.2) is 4.68 Å². The Labute approximate surface area is 185 Å². The number of benzene rings is 1. The Balaban J connectivity index is 1.83. The molecule has 7 nitrogen and oxygen atoms in total. The Morgan fingerprint density at radius 2 is 1.94 bits per heavy atom. The molecule has 172 valence electrons. The molecule has 0 radical (unpaired) electrons. The number of amides is 1. The van der Waals surface area contributed by atoms with Crippen molar-refractivity contribution in [2.45, 2.75) is 59.2 Å². The molecule has 32 heavy (non-hydrogen) atoms. The van der Waals surface area contributed by atoms with Crippen LogP contribution < -0.4 is 15.6 Å². The Morgan fingerprint density at radius 3 is 2.56 bits per heavy atom. The van der Waals surface area contributed by atoms with Gasteiger partial charge in [-0.1, -0.05) is 13.8 Å². The van der Waals surface area contributed by atoms with Crippen molar-refractivity contribution in [3.8, 4) is 11.4 Å². The Kier molecular flexibility index (Phi) is 6.66. The first-order valence-electron chi connectivity index (χ1n) is 10.6. The van der Waals surface area contributed by atoms with Crippen LogP contribution in [0.4, 0.5) is 8.78 Å². The predicted molar refractivity (Wildman–Crippen MR) is 118 cm³/mol. The Hall–Kier alpha value is -3.23. The zero-order valence-electron chi connectivity index (χ0n) is 18.8. The van der Waals surface area contributed by atoms with Crippen LogP contribution in [-0.4, -0.2) is 38.3 Å². The summed E-state index contributed by atoms with van der Waals surface area (Å²) in [5.74, 6) is -4.36. The number of fused-ring (bicyclic) bond motifs is 1. The number of nitrogens with one attached hydrogen (secondary N) is 1. The van der Waals surface area contributed by atoms with E-state index in [0.717, 1.165) is 16.6 Å². The molecule has 9 heteroatoms. The molecule has 0 unspecified atom stereocenters. The lowest BCUT2D eigenvalue weighted by atomic mass is 9.99. The van der Waals surface area contributed by atoms with E-state index >= 15 is 0 Å². The largest absolute Gasteiger partial charge is 0.489 e. The number of hydrogen-bond acceptors (Lipinski definition) is 4. The van der Waals surface area contributed by atoms with Crippen molar-refractivity contribution < 1.29 is 18.3 Å². The number of ether oxygens (including phenoxy) is 1. The zero-order chi connectivity index (χ0) is 23.6. The molecular formula is C23H28F2N4O3. The fraction of sp³-hybridized carbons (Fsp3) is 0.435. The zero-order valence-corrected chi connectivity index (χ0v) is 18.8. The van der Waals surface area contributed by atoms with Crippen molar-refractivity contribution in [2.24, 2.45) is 5.92 Å². The molecule has 0 saturated heterocycles. The van der Waals surface area contributed by atoms with Gasteiger partial charge in [0.25, 0.3) is 11.5 Å². The molecule has 0 fully saturated rings. The molecular weight excluding hydrogens is 418 g/mol. The maximum absolute atomic E-state index is 13.3. The summed E-state index contributed by atoms with van der Waals surface area (Å²) in [6, 6.07) is 8.04. The van der Waals surface area contributed by atoms with Crippen LogP contribution in [0.3, 0.4) is 0 Å². The fourth-order valence-electron chi connectivity index (χ4n) is 3.57. The molecule has 0 spiro atoms. The van der Waals surface area contributed by atoms with E-state index in [1.807, 2.05) is 26.8 Å². The summed E-state index contributed by atoms with van der Waals surface area (Å²) in [5, 5.41) is 7.64. The summed E-state index contributed by atoms with van der Waals surface area (Å²) in [4.78, 5) is 23.6. The highest BCUT2D eigenvalue weighted by molar-refractivity contribution is 5.83. The number of carbonyl (C=O) groups excluding carboxylic acids is 1. The topological polar surface area (TPSA) is 78.2 Å². The van der Waals surface area contributed by atoms with E-state index < -0.39 is 24.0 Å². The average molecular weight is 446 g/mol.